The average Bonchev–Trinajstić information content (AvgIpc) is 3.18. The zero-order valence-electron chi connectivity index (χ0n) is 16.2. The molecular weight excluding hydrogens is 334 g/mol. The number of rotatable bonds is 4. The standard InChI is InChI=1S/C23H25N3O/c1-15(2)13-26-21-10-6-5-9-19(21)24-23(26)18-12-22(27)25(14-18)20-11-7-8-16(3)17(20)4/h5-11,18H,1,12-14H2,2-4H3. The van der Waals surface area contributed by atoms with Crippen LogP contribution in [0.3, 0.4) is 0 Å². The van der Waals surface area contributed by atoms with Crippen molar-refractivity contribution in [3.63, 3.8) is 0 Å². The van der Waals surface area contributed by atoms with E-state index in [1.54, 1.807) is 0 Å². The topological polar surface area (TPSA) is 38.1 Å². The molecule has 1 amide bonds. The van der Waals surface area contributed by atoms with Crippen molar-refractivity contribution in [1.82, 2.24) is 9.55 Å². The highest BCUT2D eigenvalue weighted by molar-refractivity contribution is 5.97. The van der Waals surface area contributed by atoms with Crippen LogP contribution in [0, 0.1) is 13.8 Å². The van der Waals surface area contributed by atoms with Gasteiger partial charge in [0.25, 0.3) is 0 Å². The van der Waals surface area contributed by atoms with E-state index in [1.165, 1.54) is 11.1 Å². The molecule has 1 unspecified atom stereocenters. The van der Waals surface area contributed by atoms with E-state index in [2.05, 4.69) is 37.1 Å². The Morgan fingerprint density at radius 1 is 1.19 bits per heavy atom. The predicted octanol–water partition coefficient (Wildman–Crippen LogP) is 4.75. The van der Waals surface area contributed by atoms with Crippen LogP contribution in [0.15, 0.2) is 54.6 Å². The van der Waals surface area contributed by atoms with Crippen LogP contribution in [0.4, 0.5) is 5.69 Å². The van der Waals surface area contributed by atoms with Gasteiger partial charge in [-0.05, 0) is 50.1 Å². The molecule has 0 radical (unpaired) electrons. The van der Waals surface area contributed by atoms with Crippen molar-refractivity contribution in [2.75, 3.05) is 11.4 Å². The number of carbonyl (C=O) groups excluding carboxylic acids is 1. The Balaban J connectivity index is 1.74. The smallest absolute Gasteiger partial charge is 0.227 e. The molecule has 0 aliphatic carbocycles. The van der Waals surface area contributed by atoms with Gasteiger partial charge in [-0.2, -0.15) is 0 Å². The first-order valence-electron chi connectivity index (χ1n) is 9.42. The number of amides is 1. The molecule has 4 nitrogen and oxygen atoms in total. The van der Waals surface area contributed by atoms with Gasteiger partial charge in [0.15, 0.2) is 0 Å². The van der Waals surface area contributed by atoms with Gasteiger partial charge in [0.2, 0.25) is 5.91 Å². The van der Waals surface area contributed by atoms with Crippen LogP contribution in [-0.4, -0.2) is 22.0 Å². The van der Waals surface area contributed by atoms with E-state index >= 15 is 0 Å². The second kappa shape index (κ2) is 6.69. The maximum absolute atomic E-state index is 12.8. The Hall–Kier alpha value is -2.88. The summed E-state index contributed by atoms with van der Waals surface area (Å²) in [5.74, 6) is 1.24. The highest BCUT2D eigenvalue weighted by Crippen LogP contribution is 2.35. The van der Waals surface area contributed by atoms with E-state index in [0.29, 0.717) is 13.0 Å². The largest absolute Gasteiger partial charge is 0.324 e. The number of hydrogen-bond donors (Lipinski definition) is 0. The molecule has 0 N–H and O–H groups in total. The third-order valence-electron chi connectivity index (χ3n) is 5.47. The van der Waals surface area contributed by atoms with Crippen molar-refractivity contribution in [3.8, 4) is 0 Å². The van der Waals surface area contributed by atoms with Crippen LogP contribution in [0.25, 0.3) is 11.0 Å². The van der Waals surface area contributed by atoms with E-state index in [-0.39, 0.29) is 11.8 Å². The first-order chi connectivity index (χ1) is 13.0. The number of allylic oxidation sites excluding steroid dienone is 1. The number of nitrogens with zero attached hydrogens (tertiary/aromatic N) is 3. The van der Waals surface area contributed by atoms with Gasteiger partial charge in [-0.15, -0.1) is 0 Å². The summed E-state index contributed by atoms with van der Waals surface area (Å²) in [7, 11) is 0. The number of benzene rings is 2. The Labute approximate surface area is 160 Å². The lowest BCUT2D eigenvalue weighted by molar-refractivity contribution is -0.117. The minimum atomic E-state index is 0.0872. The predicted molar refractivity (Wildman–Crippen MR) is 110 cm³/mol. The fourth-order valence-corrected chi connectivity index (χ4v) is 3.98. The lowest BCUT2D eigenvalue weighted by Gasteiger charge is -2.20. The Morgan fingerprint density at radius 3 is 2.74 bits per heavy atom. The second-order valence-corrected chi connectivity index (χ2v) is 7.63. The fourth-order valence-electron chi connectivity index (χ4n) is 3.98. The van der Waals surface area contributed by atoms with Crippen LogP contribution in [0.5, 0.6) is 0 Å². The molecule has 138 valence electrons. The van der Waals surface area contributed by atoms with E-state index in [1.807, 2.05) is 42.2 Å². The zero-order valence-corrected chi connectivity index (χ0v) is 16.2. The number of imidazole rings is 1. The number of para-hydroxylation sites is 2. The number of anilines is 1. The van der Waals surface area contributed by atoms with Gasteiger partial charge >= 0.3 is 0 Å². The molecule has 3 aromatic rings. The molecule has 1 saturated heterocycles. The summed E-state index contributed by atoms with van der Waals surface area (Å²) in [6.07, 6.45) is 0.493. The summed E-state index contributed by atoms with van der Waals surface area (Å²) in [4.78, 5) is 19.7. The van der Waals surface area contributed by atoms with Crippen molar-refractivity contribution in [2.24, 2.45) is 0 Å². The molecule has 4 rings (SSSR count). The zero-order chi connectivity index (χ0) is 19.1. The number of carbonyl (C=O) groups is 1. The number of hydrogen-bond acceptors (Lipinski definition) is 2. The van der Waals surface area contributed by atoms with Crippen molar-refractivity contribution < 1.29 is 4.79 Å². The molecule has 2 aromatic carbocycles. The summed E-state index contributed by atoms with van der Waals surface area (Å²) in [6.45, 7) is 11.7. The van der Waals surface area contributed by atoms with Crippen LogP contribution in [-0.2, 0) is 11.3 Å². The molecule has 1 atom stereocenters. The summed E-state index contributed by atoms with van der Waals surface area (Å²) in [5.41, 5.74) is 6.56. The first-order valence-corrected chi connectivity index (χ1v) is 9.42. The molecule has 1 aliphatic rings. The van der Waals surface area contributed by atoms with Gasteiger partial charge in [-0.3, -0.25) is 4.79 Å². The lowest BCUT2D eigenvalue weighted by atomic mass is 10.1. The van der Waals surface area contributed by atoms with Crippen LogP contribution in [0.2, 0.25) is 0 Å². The average molecular weight is 359 g/mol. The summed E-state index contributed by atoms with van der Waals surface area (Å²) >= 11 is 0. The van der Waals surface area contributed by atoms with Gasteiger partial charge in [0, 0.05) is 31.1 Å². The maximum atomic E-state index is 12.8. The Kier molecular flexibility index (Phi) is 4.34. The third kappa shape index (κ3) is 3.05. The highest BCUT2D eigenvalue weighted by atomic mass is 16.2. The molecule has 1 fully saturated rings. The van der Waals surface area contributed by atoms with Gasteiger partial charge in [0.1, 0.15) is 5.82 Å². The highest BCUT2D eigenvalue weighted by Gasteiger charge is 2.35. The van der Waals surface area contributed by atoms with E-state index in [9.17, 15) is 4.79 Å². The minimum Gasteiger partial charge on any atom is -0.324 e. The summed E-state index contributed by atoms with van der Waals surface area (Å²) in [5, 5.41) is 0. The molecule has 0 bridgehead atoms. The van der Waals surface area contributed by atoms with Crippen LogP contribution in [0.1, 0.15) is 36.2 Å². The molecule has 4 heteroatoms. The molecule has 1 aliphatic heterocycles. The normalized spacial score (nSPS) is 17.1. The second-order valence-electron chi connectivity index (χ2n) is 7.63. The van der Waals surface area contributed by atoms with E-state index in [0.717, 1.165) is 34.7 Å². The SMILES string of the molecule is C=C(C)Cn1c(C2CC(=O)N(c3cccc(C)c3C)C2)nc2ccccc21. The number of aromatic nitrogens is 2. The third-order valence-corrected chi connectivity index (χ3v) is 5.47. The molecule has 1 aromatic heterocycles. The Morgan fingerprint density at radius 2 is 1.96 bits per heavy atom. The molecule has 0 saturated carbocycles. The van der Waals surface area contributed by atoms with Crippen molar-refractivity contribution in [1.29, 1.82) is 0 Å². The van der Waals surface area contributed by atoms with E-state index in [4.69, 9.17) is 4.98 Å². The van der Waals surface area contributed by atoms with Crippen molar-refractivity contribution in [2.45, 2.75) is 39.7 Å². The lowest BCUT2D eigenvalue weighted by Crippen LogP contribution is -2.25. The number of aryl methyl sites for hydroxylation is 1. The molecule has 2 heterocycles. The molecule has 0 spiro atoms. The van der Waals surface area contributed by atoms with Gasteiger partial charge in [-0.25, -0.2) is 4.98 Å². The fraction of sp³-hybridized carbons (Fsp3) is 0.304. The Bertz CT molecular complexity index is 1050. The van der Waals surface area contributed by atoms with Crippen LogP contribution >= 0.6 is 0 Å². The molecular formula is C23H25N3O. The van der Waals surface area contributed by atoms with Crippen LogP contribution < -0.4 is 4.90 Å². The quantitative estimate of drug-likeness (QED) is 0.631. The number of fused-ring (bicyclic) bond motifs is 1. The summed E-state index contributed by atoms with van der Waals surface area (Å²) in [6, 6.07) is 14.3. The van der Waals surface area contributed by atoms with Crippen molar-refractivity contribution >= 4 is 22.6 Å². The molecule has 27 heavy (non-hydrogen) atoms. The van der Waals surface area contributed by atoms with Gasteiger partial charge in [0.05, 0.1) is 11.0 Å². The van der Waals surface area contributed by atoms with Gasteiger partial charge in [-0.1, -0.05) is 36.4 Å². The first kappa shape index (κ1) is 17.5. The maximum Gasteiger partial charge on any atom is 0.227 e. The summed E-state index contributed by atoms with van der Waals surface area (Å²) < 4.78 is 2.22. The minimum absolute atomic E-state index is 0.0872. The van der Waals surface area contributed by atoms with Gasteiger partial charge < -0.3 is 9.47 Å². The monoisotopic (exact) mass is 359 g/mol. The van der Waals surface area contributed by atoms with Crippen molar-refractivity contribution in [3.05, 3.63) is 71.6 Å². The van der Waals surface area contributed by atoms with E-state index < -0.39 is 0 Å².